The summed E-state index contributed by atoms with van der Waals surface area (Å²) >= 11 is 1.60. The van der Waals surface area contributed by atoms with Crippen molar-refractivity contribution < 1.29 is 4.79 Å². The minimum atomic E-state index is -0.367. The van der Waals surface area contributed by atoms with Crippen LogP contribution < -0.4 is 11.0 Å². The van der Waals surface area contributed by atoms with Crippen molar-refractivity contribution in [3.63, 3.8) is 0 Å². The fourth-order valence-electron chi connectivity index (χ4n) is 3.86. The number of carbonyl (C=O) groups is 1. The van der Waals surface area contributed by atoms with Crippen LogP contribution in [0, 0.1) is 0 Å². The molecule has 5 rings (SSSR count). The molecule has 1 aliphatic rings. The summed E-state index contributed by atoms with van der Waals surface area (Å²) in [4.78, 5) is 34.8. The molecule has 4 aromatic rings. The van der Waals surface area contributed by atoms with Gasteiger partial charge in [0.15, 0.2) is 0 Å². The predicted octanol–water partition coefficient (Wildman–Crippen LogP) is 2.97. The van der Waals surface area contributed by atoms with E-state index in [1.165, 1.54) is 15.8 Å². The third-order valence-electron chi connectivity index (χ3n) is 5.27. The minimum absolute atomic E-state index is 0.113. The monoisotopic (exact) mass is 405 g/mol. The molecular formula is C21H19N5O2S. The summed E-state index contributed by atoms with van der Waals surface area (Å²) in [5, 5.41) is 5.74. The maximum Gasteiger partial charge on any atom is 0.262 e. The summed E-state index contributed by atoms with van der Waals surface area (Å²) in [5.74, 6) is -0.367. The zero-order valence-electron chi connectivity index (χ0n) is 15.6. The quantitative estimate of drug-likeness (QED) is 0.404. The van der Waals surface area contributed by atoms with Crippen molar-refractivity contribution in [3.05, 3.63) is 63.1 Å². The van der Waals surface area contributed by atoms with Crippen molar-refractivity contribution in [2.24, 2.45) is 5.10 Å². The average molecular weight is 405 g/mol. The fraction of sp³-hybridized carbons (Fsp3) is 0.238. The van der Waals surface area contributed by atoms with E-state index in [1.54, 1.807) is 17.6 Å². The van der Waals surface area contributed by atoms with Crippen molar-refractivity contribution in [2.75, 3.05) is 0 Å². The van der Waals surface area contributed by atoms with Gasteiger partial charge in [-0.25, -0.2) is 10.4 Å². The zero-order chi connectivity index (χ0) is 19.8. The number of H-pyrrole nitrogens is 1. The van der Waals surface area contributed by atoms with Crippen molar-refractivity contribution in [1.82, 2.24) is 20.0 Å². The highest BCUT2D eigenvalue weighted by Gasteiger charge is 2.20. The Bertz CT molecular complexity index is 1310. The van der Waals surface area contributed by atoms with E-state index in [-0.39, 0.29) is 18.0 Å². The standard InChI is InChI=1S/C21H19N5O2S/c27-18(25-24-10-13-9-22-16-7-3-1-5-14(13)16)11-26-12-23-20-19(21(26)28)15-6-2-4-8-17(15)29-20/h1,3,5,7,9-10,12,22H,2,4,6,8,11H2,(H,25,27)/b24-10-. The number of hydrogen-bond acceptors (Lipinski definition) is 5. The Morgan fingerprint density at radius 2 is 2.17 bits per heavy atom. The molecule has 7 nitrogen and oxygen atoms in total. The van der Waals surface area contributed by atoms with E-state index in [9.17, 15) is 9.59 Å². The first-order valence-electron chi connectivity index (χ1n) is 9.58. The minimum Gasteiger partial charge on any atom is -0.361 e. The number of fused-ring (bicyclic) bond motifs is 4. The maximum absolute atomic E-state index is 12.9. The molecule has 1 aliphatic carbocycles. The number of nitrogens with one attached hydrogen (secondary N) is 2. The van der Waals surface area contributed by atoms with E-state index in [4.69, 9.17) is 0 Å². The molecule has 3 heterocycles. The lowest BCUT2D eigenvalue weighted by Crippen LogP contribution is -2.30. The zero-order valence-corrected chi connectivity index (χ0v) is 16.5. The molecule has 0 saturated heterocycles. The second kappa shape index (κ2) is 7.29. The van der Waals surface area contributed by atoms with Gasteiger partial charge in [0.25, 0.3) is 11.5 Å². The van der Waals surface area contributed by atoms with Gasteiger partial charge in [-0.2, -0.15) is 5.10 Å². The van der Waals surface area contributed by atoms with Gasteiger partial charge in [-0.1, -0.05) is 18.2 Å². The lowest BCUT2D eigenvalue weighted by molar-refractivity contribution is -0.121. The van der Waals surface area contributed by atoms with Crippen LogP contribution in [-0.4, -0.2) is 26.7 Å². The second-order valence-corrected chi connectivity index (χ2v) is 8.24. The van der Waals surface area contributed by atoms with Crippen molar-refractivity contribution in [3.8, 4) is 0 Å². The third kappa shape index (κ3) is 3.25. The highest BCUT2D eigenvalue weighted by Crippen LogP contribution is 2.33. The number of aryl methyl sites for hydroxylation is 2. The Labute approximate surface area is 170 Å². The maximum atomic E-state index is 12.9. The fourth-order valence-corrected chi connectivity index (χ4v) is 5.08. The number of aromatic nitrogens is 3. The number of aromatic amines is 1. The first-order chi connectivity index (χ1) is 14.2. The van der Waals surface area contributed by atoms with Crippen molar-refractivity contribution >= 4 is 44.6 Å². The molecule has 3 aromatic heterocycles. The van der Waals surface area contributed by atoms with Crippen molar-refractivity contribution in [2.45, 2.75) is 32.2 Å². The number of hydrazone groups is 1. The molecule has 0 spiro atoms. The SMILES string of the molecule is O=C(Cn1cnc2sc3c(c2c1=O)CCCC3)N/N=C\c1c[nH]c2ccccc12. The molecule has 0 aliphatic heterocycles. The molecule has 8 heteroatoms. The smallest absolute Gasteiger partial charge is 0.262 e. The van der Waals surface area contributed by atoms with Crippen LogP contribution in [0.1, 0.15) is 28.8 Å². The number of amides is 1. The van der Waals surface area contributed by atoms with Gasteiger partial charge in [0.05, 0.1) is 17.9 Å². The number of carbonyl (C=O) groups excluding carboxylic acids is 1. The Morgan fingerprint density at radius 1 is 1.31 bits per heavy atom. The molecular weight excluding hydrogens is 386 g/mol. The number of hydrogen-bond donors (Lipinski definition) is 2. The highest BCUT2D eigenvalue weighted by molar-refractivity contribution is 7.18. The van der Waals surface area contributed by atoms with Crippen LogP contribution in [0.25, 0.3) is 21.1 Å². The van der Waals surface area contributed by atoms with Crippen molar-refractivity contribution in [1.29, 1.82) is 0 Å². The first kappa shape index (κ1) is 17.8. The predicted molar refractivity (Wildman–Crippen MR) is 115 cm³/mol. The van der Waals surface area contributed by atoms with Gasteiger partial charge in [0.1, 0.15) is 11.4 Å². The van der Waals surface area contributed by atoms with E-state index in [0.29, 0.717) is 5.39 Å². The Balaban J connectivity index is 1.33. The Hall–Kier alpha value is -3.26. The summed E-state index contributed by atoms with van der Waals surface area (Å²) in [5.41, 5.74) is 5.36. The summed E-state index contributed by atoms with van der Waals surface area (Å²) < 4.78 is 1.36. The van der Waals surface area contributed by atoms with E-state index in [0.717, 1.165) is 52.5 Å². The lowest BCUT2D eigenvalue weighted by atomic mass is 9.97. The molecule has 146 valence electrons. The Kier molecular flexibility index (Phi) is 4.48. The number of benzene rings is 1. The average Bonchev–Trinajstić information content (AvgIpc) is 3.32. The van der Waals surface area contributed by atoms with E-state index < -0.39 is 0 Å². The van der Waals surface area contributed by atoms with Gasteiger partial charge in [-0.05, 0) is 37.3 Å². The molecule has 29 heavy (non-hydrogen) atoms. The number of rotatable bonds is 4. The van der Waals surface area contributed by atoms with Gasteiger partial charge in [-0.15, -0.1) is 11.3 Å². The van der Waals surface area contributed by atoms with Gasteiger partial charge in [0.2, 0.25) is 0 Å². The summed E-state index contributed by atoms with van der Waals surface area (Å²) in [6.45, 7) is -0.113. The van der Waals surface area contributed by atoms with Gasteiger partial charge < -0.3 is 4.98 Å². The topological polar surface area (TPSA) is 92.1 Å². The molecule has 2 N–H and O–H groups in total. The van der Waals surface area contributed by atoms with E-state index in [2.05, 4.69) is 20.5 Å². The summed E-state index contributed by atoms with van der Waals surface area (Å²) in [6.07, 6.45) is 9.06. The molecule has 0 bridgehead atoms. The second-order valence-electron chi connectivity index (χ2n) is 7.15. The Morgan fingerprint density at radius 3 is 3.10 bits per heavy atom. The van der Waals surface area contributed by atoms with E-state index in [1.807, 2.05) is 30.5 Å². The van der Waals surface area contributed by atoms with Crippen LogP contribution in [0.4, 0.5) is 0 Å². The molecule has 1 aromatic carbocycles. The van der Waals surface area contributed by atoms with Crippen LogP contribution in [0.2, 0.25) is 0 Å². The normalized spacial score (nSPS) is 13.9. The molecule has 0 unspecified atom stereocenters. The summed E-state index contributed by atoms with van der Waals surface area (Å²) in [7, 11) is 0. The van der Waals surface area contributed by atoms with E-state index >= 15 is 0 Å². The number of thiophene rings is 1. The first-order valence-corrected chi connectivity index (χ1v) is 10.4. The van der Waals surface area contributed by atoms with Crippen LogP contribution in [-0.2, 0) is 24.2 Å². The largest absolute Gasteiger partial charge is 0.361 e. The van der Waals surface area contributed by atoms with Crippen LogP contribution in [0.5, 0.6) is 0 Å². The third-order valence-corrected chi connectivity index (χ3v) is 6.47. The number of nitrogens with zero attached hydrogens (tertiary/aromatic N) is 3. The highest BCUT2D eigenvalue weighted by atomic mass is 32.1. The molecule has 0 fully saturated rings. The van der Waals surface area contributed by atoms with Crippen LogP contribution in [0.3, 0.4) is 0 Å². The molecule has 1 amide bonds. The van der Waals surface area contributed by atoms with Gasteiger partial charge in [-0.3, -0.25) is 14.2 Å². The molecule has 0 saturated carbocycles. The molecule has 0 radical (unpaired) electrons. The van der Waals surface area contributed by atoms with Gasteiger partial charge >= 0.3 is 0 Å². The van der Waals surface area contributed by atoms with Crippen LogP contribution in [0.15, 0.2) is 46.7 Å². The van der Waals surface area contributed by atoms with Crippen LogP contribution >= 0.6 is 11.3 Å². The van der Waals surface area contributed by atoms with Gasteiger partial charge in [0, 0.05) is 27.5 Å². The number of para-hydroxylation sites is 1. The molecule has 0 atom stereocenters. The lowest BCUT2D eigenvalue weighted by Gasteiger charge is -2.10. The summed E-state index contributed by atoms with van der Waals surface area (Å²) in [6, 6.07) is 7.86.